The largest absolute Gasteiger partial charge is 0.480 e. The molecule has 1 heterocycles. The topological polar surface area (TPSA) is 122 Å². The number of piperidine rings is 1. The number of hydrogen-bond acceptors (Lipinski definition) is 4. The van der Waals surface area contributed by atoms with E-state index in [0.29, 0.717) is 6.54 Å². The van der Waals surface area contributed by atoms with Crippen molar-refractivity contribution in [2.75, 3.05) is 13.1 Å². The van der Waals surface area contributed by atoms with Gasteiger partial charge in [-0.1, -0.05) is 0 Å². The van der Waals surface area contributed by atoms with Crippen LogP contribution in [0.4, 0.5) is 0 Å². The number of carbonyl (C=O) groups is 3. The highest BCUT2D eigenvalue weighted by molar-refractivity contribution is 5.89. The summed E-state index contributed by atoms with van der Waals surface area (Å²) >= 11 is 0. The van der Waals surface area contributed by atoms with Crippen molar-refractivity contribution in [1.29, 1.82) is 0 Å². The highest BCUT2D eigenvalue weighted by atomic mass is 16.4. The molecule has 7 heteroatoms. The van der Waals surface area contributed by atoms with E-state index < -0.39 is 17.9 Å². The molecule has 0 aromatic heterocycles. The second-order valence-corrected chi connectivity index (χ2v) is 4.11. The van der Waals surface area contributed by atoms with Crippen LogP contribution < -0.4 is 16.4 Å². The van der Waals surface area contributed by atoms with E-state index in [1.165, 1.54) is 0 Å². The Morgan fingerprint density at radius 1 is 1.47 bits per heavy atom. The highest BCUT2D eigenvalue weighted by Crippen LogP contribution is 2.10. The van der Waals surface area contributed by atoms with Gasteiger partial charge in [-0.25, -0.2) is 4.79 Å². The van der Waals surface area contributed by atoms with Crippen LogP contribution in [0.1, 0.15) is 19.3 Å². The minimum Gasteiger partial charge on any atom is -0.480 e. The Morgan fingerprint density at radius 2 is 2.18 bits per heavy atom. The van der Waals surface area contributed by atoms with Crippen molar-refractivity contribution in [2.24, 2.45) is 11.7 Å². The SMILES string of the molecule is NC(=O)CC(NC(=O)[C@H]1CCCNC1)C(=O)O. The number of aliphatic carboxylic acids is 1. The standard InChI is InChI=1S/C10H17N3O4/c11-8(14)4-7(10(16)17)13-9(15)6-2-1-3-12-5-6/h6-7,12H,1-5H2,(H2,11,14)(H,13,15)(H,16,17)/t6-,7?/m0/s1. The lowest BCUT2D eigenvalue weighted by molar-refractivity contribution is -0.144. The molecular weight excluding hydrogens is 226 g/mol. The van der Waals surface area contributed by atoms with E-state index in [1.807, 2.05) is 0 Å². The zero-order valence-corrected chi connectivity index (χ0v) is 9.44. The molecule has 2 atom stereocenters. The van der Waals surface area contributed by atoms with Crippen LogP contribution in [0.5, 0.6) is 0 Å². The molecule has 0 spiro atoms. The van der Waals surface area contributed by atoms with Crippen LogP contribution in [0.15, 0.2) is 0 Å². The molecule has 1 aliphatic heterocycles. The summed E-state index contributed by atoms with van der Waals surface area (Å²) < 4.78 is 0. The Kier molecular flexibility index (Phi) is 4.89. The van der Waals surface area contributed by atoms with Crippen LogP contribution in [0.2, 0.25) is 0 Å². The predicted octanol–water partition coefficient (Wildman–Crippen LogP) is -1.57. The van der Waals surface area contributed by atoms with Crippen LogP contribution >= 0.6 is 0 Å². The zero-order valence-electron chi connectivity index (χ0n) is 9.44. The van der Waals surface area contributed by atoms with E-state index in [9.17, 15) is 14.4 Å². The van der Waals surface area contributed by atoms with E-state index in [1.54, 1.807) is 0 Å². The number of rotatable bonds is 5. The molecule has 2 amide bonds. The Labute approximate surface area is 98.7 Å². The molecule has 0 radical (unpaired) electrons. The van der Waals surface area contributed by atoms with Gasteiger partial charge in [0.2, 0.25) is 11.8 Å². The molecule has 1 unspecified atom stereocenters. The summed E-state index contributed by atoms with van der Waals surface area (Å²) in [5, 5.41) is 14.2. The lowest BCUT2D eigenvalue weighted by Gasteiger charge is -2.23. The maximum absolute atomic E-state index is 11.7. The highest BCUT2D eigenvalue weighted by Gasteiger charge is 2.27. The van der Waals surface area contributed by atoms with Gasteiger partial charge in [-0.15, -0.1) is 0 Å². The lowest BCUT2D eigenvalue weighted by atomic mass is 9.98. The molecule has 7 nitrogen and oxygen atoms in total. The predicted molar refractivity (Wildman–Crippen MR) is 59.0 cm³/mol. The zero-order chi connectivity index (χ0) is 12.8. The van der Waals surface area contributed by atoms with Crippen molar-refractivity contribution in [1.82, 2.24) is 10.6 Å². The van der Waals surface area contributed by atoms with Crippen molar-refractivity contribution in [2.45, 2.75) is 25.3 Å². The third-order valence-electron chi connectivity index (χ3n) is 2.69. The van der Waals surface area contributed by atoms with Gasteiger partial charge in [-0.05, 0) is 19.4 Å². The Balaban J connectivity index is 2.50. The summed E-state index contributed by atoms with van der Waals surface area (Å²) in [6.07, 6.45) is 1.22. The minimum atomic E-state index is -1.25. The van der Waals surface area contributed by atoms with Gasteiger partial charge in [-0.2, -0.15) is 0 Å². The summed E-state index contributed by atoms with van der Waals surface area (Å²) in [5.74, 6) is -2.58. The third kappa shape index (κ3) is 4.39. The van der Waals surface area contributed by atoms with Crippen LogP contribution in [0.3, 0.4) is 0 Å². The minimum absolute atomic E-state index is 0.238. The molecule has 0 saturated carbocycles. The van der Waals surface area contributed by atoms with Gasteiger partial charge in [-0.3, -0.25) is 9.59 Å². The molecular formula is C10H17N3O4. The molecule has 17 heavy (non-hydrogen) atoms. The number of nitrogens with one attached hydrogen (secondary N) is 2. The smallest absolute Gasteiger partial charge is 0.326 e. The van der Waals surface area contributed by atoms with Crippen molar-refractivity contribution in [3.63, 3.8) is 0 Å². The average Bonchev–Trinajstić information content (AvgIpc) is 2.28. The summed E-state index contributed by atoms with van der Waals surface area (Å²) in [6.45, 7) is 1.40. The quantitative estimate of drug-likeness (QED) is 0.465. The van der Waals surface area contributed by atoms with E-state index >= 15 is 0 Å². The van der Waals surface area contributed by atoms with Gasteiger partial charge < -0.3 is 21.5 Å². The number of hydrogen-bond donors (Lipinski definition) is 4. The van der Waals surface area contributed by atoms with Gasteiger partial charge in [0.1, 0.15) is 6.04 Å². The Bertz CT molecular complexity index is 313. The molecule has 0 aromatic rings. The number of nitrogens with two attached hydrogens (primary N) is 1. The van der Waals surface area contributed by atoms with E-state index in [-0.39, 0.29) is 18.2 Å². The Morgan fingerprint density at radius 3 is 2.65 bits per heavy atom. The molecule has 96 valence electrons. The number of primary amides is 1. The third-order valence-corrected chi connectivity index (χ3v) is 2.69. The second kappa shape index (κ2) is 6.19. The summed E-state index contributed by atoms with van der Waals surface area (Å²) in [7, 11) is 0. The van der Waals surface area contributed by atoms with Crippen molar-refractivity contribution < 1.29 is 19.5 Å². The summed E-state index contributed by atoms with van der Waals surface area (Å²) in [4.78, 5) is 33.2. The second-order valence-electron chi connectivity index (χ2n) is 4.11. The summed E-state index contributed by atoms with van der Waals surface area (Å²) in [5.41, 5.74) is 4.92. The van der Waals surface area contributed by atoms with Crippen molar-refractivity contribution >= 4 is 17.8 Å². The fourth-order valence-electron chi connectivity index (χ4n) is 1.77. The summed E-state index contributed by atoms with van der Waals surface area (Å²) in [6, 6.07) is -1.23. The number of amides is 2. The van der Waals surface area contributed by atoms with Crippen LogP contribution in [0, 0.1) is 5.92 Å². The first-order valence-corrected chi connectivity index (χ1v) is 5.53. The number of carboxylic acid groups (broad SMARTS) is 1. The molecule has 0 bridgehead atoms. The molecule has 5 N–H and O–H groups in total. The first kappa shape index (κ1) is 13.4. The first-order chi connectivity index (χ1) is 8.00. The molecule has 1 fully saturated rings. The molecule has 0 aliphatic carbocycles. The number of carbonyl (C=O) groups excluding carboxylic acids is 2. The van der Waals surface area contributed by atoms with Gasteiger partial charge in [0, 0.05) is 6.54 Å². The normalized spacial score (nSPS) is 21.5. The van der Waals surface area contributed by atoms with Crippen LogP contribution in [-0.2, 0) is 14.4 Å². The van der Waals surface area contributed by atoms with E-state index in [0.717, 1.165) is 19.4 Å². The molecule has 0 aromatic carbocycles. The lowest BCUT2D eigenvalue weighted by Crippen LogP contribution is -2.48. The van der Waals surface area contributed by atoms with Gasteiger partial charge in [0.05, 0.1) is 12.3 Å². The van der Waals surface area contributed by atoms with Gasteiger partial charge >= 0.3 is 5.97 Å². The molecule has 1 saturated heterocycles. The first-order valence-electron chi connectivity index (χ1n) is 5.53. The van der Waals surface area contributed by atoms with Crippen molar-refractivity contribution in [3.05, 3.63) is 0 Å². The maximum Gasteiger partial charge on any atom is 0.326 e. The van der Waals surface area contributed by atoms with E-state index in [4.69, 9.17) is 10.8 Å². The maximum atomic E-state index is 11.7. The monoisotopic (exact) mass is 243 g/mol. The average molecular weight is 243 g/mol. The Hall–Kier alpha value is -1.63. The fourth-order valence-corrected chi connectivity index (χ4v) is 1.77. The van der Waals surface area contributed by atoms with Gasteiger partial charge in [0.25, 0.3) is 0 Å². The molecule has 1 aliphatic rings. The van der Waals surface area contributed by atoms with Crippen LogP contribution in [0.25, 0.3) is 0 Å². The van der Waals surface area contributed by atoms with Gasteiger partial charge in [0.15, 0.2) is 0 Å². The van der Waals surface area contributed by atoms with E-state index in [2.05, 4.69) is 10.6 Å². The molecule has 1 rings (SSSR count). The van der Waals surface area contributed by atoms with Crippen molar-refractivity contribution in [3.8, 4) is 0 Å². The number of carboxylic acids is 1. The van der Waals surface area contributed by atoms with Crippen LogP contribution in [-0.4, -0.2) is 42.0 Å². The fraction of sp³-hybridized carbons (Fsp3) is 0.700.